The number of hydrogen-bond donors (Lipinski definition) is 2. The second-order valence-corrected chi connectivity index (χ2v) is 3.15. The molecule has 0 fully saturated rings. The van der Waals surface area contributed by atoms with Gasteiger partial charge in [0.25, 0.3) is 0 Å². The van der Waals surface area contributed by atoms with Gasteiger partial charge in [0.1, 0.15) is 13.1 Å². The smallest absolute Gasteiger partial charge is 1.00 e. The van der Waals surface area contributed by atoms with Crippen LogP contribution in [0.15, 0.2) is 0 Å². The maximum Gasteiger partial charge on any atom is 1.00 e. The normalized spacial score (nSPS) is 7.65. The first-order chi connectivity index (χ1) is 6.34. The molecule has 0 rings (SSSR count). The molecular weight excluding hydrogens is 270 g/mol. The van der Waals surface area contributed by atoms with Gasteiger partial charge >= 0.3 is 71.1 Å². The van der Waals surface area contributed by atoms with Crippen molar-refractivity contribution in [3.05, 3.63) is 0 Å². The first kappa shape index (κ1) is 26.2. The molecule has 10 heteroatoms. The van der Waals surface area contributed by atoms with E-state index in [2.05, 4.69) is 0 Å². The van der Waals surface area contributed by atoms with Crippen molar-refractivity contribution in [1.29, 1.82) is 0 Å². The number of nitrogens with zero attached hydrogens (tertiary/aromatic N) is 2. The number of carboxylic acid groups (broad SMARTS) is 2. The quantitative estimate of drug-likeness (QED) is 0.390. The van der Waals surface area contributed by atoms with E-state index in [0.717, 1.165) is 0 Å². The van der Waals surface area contributed by atoms with Gasteiger partial charge in [-0.05, 0) is 12.2 Å². The van der Waals surface area contributed by atoms with Gasteiger partial charge in [-0.1, -0.05) is 0 Å². The van der Waals surface area contributed by atoms with Crippen LogP contribution >= 0.6 is 12.2 Å². The van der Waals surface area contributed by atoms with Crippen molar-refractivity contribution in [1.82, 2.24) is 9.80 Å². The third-order valence-electron chi connectivity index (χ3n) is 1.40. The van der Waals surface area contributed by atoms with Crippen LogP contribution in [-0.2, 0) is 9.59 Å². The largest absolute Gasteiger partial charge is 1.00 e. The van der Waals surface area contributed by atoms with Crippen LogP contribution < -0.4 is 59.1 Å². The van der Waals surface area contributed by atoms with Crippen molar-refractivity contribution in [2.24, 2.45) is 0 Å². The molecule has 0 aromatic heterocycles. The summed E-state index contributed by atoms with van der Waals surface area (Å²) in [5.41, 5.74) is 0. The second-order valence-electron chi connectivity index (χ2n) is 2.78. The molecule has 0 bridgehead atoms. The standard InChI is InChI=1S/C7H12N2O4S.2Na.H2O.2H/c1-8(3-5(10)11)7(14)9(2)4-6(12)13;;;;;/h3-4H2,1-2H3,(H,10,11)(H,12,13);;;1H2;;/q;2*+1;;2*-1. The van der Waals surface area contributed by atoms with Gasteiger partial charge in [0.05, 0.1) is 0 Å². The molecule has 0 unspecified atom stereocenters. The van der Waals surface area contributed by atoms with E-state index in [-0.39, 0.29) is 85.6 Å². The fraction of sp³-hybridized carbons (Fsp3) is 0.571. The number of thiocarbonyl (C=S) groups is 1. The molecule has 0 aromatic carbocycles. The van der Waals surface area contributed by atoms with Crippen LogP contribution in [0.1, 0.15) is 2.85 Å². The van der Waals surface area contributed by atoms with Gasteiger partial charge in [0.2, 0.25) is 0 Å². The van der Waals surface area contributed by atoms with E-state index in [1.165, 1.54) is 23.9 Å². The number of likely N-dealkylation sites (N-methyl/N-ethyl adjacent to an activating group) is 2. The molecule has 0 spiro atoms. The van der Waals surface area contributed by atoms with Crippen LogP contribution in [0.3, 0.4) is 0 Å². The predicted octanol–water partition coefficient (Wildman–Crippen LogP) is -7.29. The fourth-order valence-corrected chi connectivity index (χ4v) is 0.962. The van der Waals surface area contributed by atoms with E-state index in [9.17, 15) is 9.59 Å². The Kier molecular flexibility index (Phi) is 20.1. The Morgan fingerprint density at radius 1 is 1.06 bits per heavy atom. The summed E-state index contributed by atoms with van der Waals surface area (Å²) < 4.78 is 0. The molecule has 0 saturated heterocycles. The van der Waals surface area contributed by atoms with Gasteiger partial charge in [-0.2, -0.15) is 0 Å². The molecule has 0 amide bonds. The van der Waals surface area contributed by atoms with E-state index >= 15 is 0 Å². The maximum atomic E-state index is 10.3. The molecule has 0 aliphatic heterocycles. The van der Waals surface area contributed by atoms with Crippen molar-refractivity contribution in [3.63, 3.8) is 0 Å². The van der Waals surface area contributed by atoms with Gasteiger partial charge in [0.15, 0.2) is 5.11 Å². The molecule has 0 atom stereocenters. The number of hydrogen-bond acceptors (Lipinski definition) is 3. The Morgan fingerprint density at radius 2 is 1.29 bits per heavy atom. The molecule has 0 aliphatic carbocycles. The van der Waals surface area contributed by atoms with Gasteiger partial charge in [0, 0.05) is 14.1 Å². The van der Waals surface area contributed by atoms with E-state index in [0.29, 0.717) is 0 Å². The molecule has 0 radical (unpaired) electrons. The van der Waals surface area contributed by atoms with Gasteiger partial charge < -0.3 is 28.3 Å². The zero-order valence-corrected chi connectivity index (χ0v) is 15.2. The molecular formula is C7H16N2Na2O5S. The maximum absolute atomic E-state index is 10.3. The Labute approximate surface area is 152 Å². The van der Waals surface area contributed by atoms with Crippen LogP contribution in [0, 0.1) is 0 Å². The summed E-state index contributed by atoms with van der Waals surface area (Å²) in [6, 6.07) is 0. The molecule has 0 saturated carbocycles. The third-order valence-corrected chi connectivity index (χ3v) is 2.02. The summed E-state index contributed by atoms with van der Waals surface area (Å²) in [4.78, 5) is 23.2. The van der Waals surface area contributed by atoms with Crippen LogP contribution in [-0.4, -0.2) is 69.7 Å². The Morgan fingerprint density at radius 3 is 1.47 bits per heavy atom. The minimum Gasteiger partial charge on any atom is -1.00 e. The van der Waals surface area contributed by atoms with Crippen LogP contribution in [0.5, 0.6) is 0 Å². The SMILES string of the molecule is CN(CC(=O)O)C(=S)N(C)CC(=O)O.O.[H-].[H-].[Na+].[Na+]. The Bertz CT molecular complexity index is 252. The summed E-state index contributed by atoms with van der Waals surface area (Å²) in [5.74, 6) is -2.03. The average molecular weight is 286 g/mol. The molecule has 7 nitrogen and oxygen atoms in total. The topological polar surface area (TPSA) is 113 Å². The van der Waals surface area contributed by atoms with E-state index < -0.39 is 11.9 Å². The summed E-state index contributed by atoms with van der Waals surface area (Å²) >= 11 is 4.86. The van der Waals surface area contributed by atoms with E-state index in [4.69, 9.17) is 22.4 Å². The fourth-order valence-electron chi connectivity index (χ4n) is 0.832. The molecule has 0 heterocycles. The summed E-state index contributed by atoms with van der Waals surface area (Å²) in [6.07, 6.45) is 0. The van der Waals surface area contributed by atoms with Crippen molar-refractivity contribution < 1.29 is 87.2 Å². The molecule has 0 aliphatic rings. The monoisotopic (exact) mass is 286 g/mol. The van der Waals surface area contributed by atoms with Crippen LogP contribution in [0.4, 0.5) is 0 Å². The van der Waals surface area contributed by atoms with E-state index in [1.54, 1.807) is 0 Å². The minimum absolute atomic E-state index is 0. The summed E-state index contributed by atoms with van der Waals surface area (Å²) in [5, 5.41) is 17.1. The second kappa shape index (κ2) is 13.0. The van der Waals surface area contributed by atoms with Gasteiger partial charge in [-0.3, -0.25) is 9.59 Å². The van der Waals surface area contributed by atoms with Crippen molar-refractivity contribution in [3.8, 4) is 0 Å². The molecule has 4 N–H and O–H groups in total. The number of carboxylic acids is 2. The van der Waals surface area contributed by atoms with Crippen LogP contribution in [0.25, 0.3) is 0 Å². The molecule has 17 heavy (non-hydrogen) atoms. The zero-order valence-electron chi connectivity index (χ0n) is 12.4. The molecule has 92 valence electrons. The predicted molar refractivity (Wildman–Crippen MR) is 59.0 cm³/mol. The minimum atomic E-state index is -1.02. The number of rotatable bonds is 4. The van der Waals surface area contributed by atoms with Gasteiger partial charge in [-0.15, -0.1) is 0 Å². The summed E-state index contributed by atoms with van der Waals surface area (Å²) in [6.45, 7) is -0.494. The summed E-state index contributed by atoms with van der Waals surface area (Å²) in [7, 11) is 2.99. The first-order valence-electron chi connectivity index (χ1n) is 3.74. The van der Waals surface area contributed by atoms with Gasteiger partial charge in [-0.25, -0.2) is 0 Å². The number of carbonyl (C=O) groups is 2. The van der Waals surface area contributed by atoms with Crippen LogP contribution in [0.2, 0.25) is 0 Å². The zero-order chi connectivity index (χ0) is 11.3. The third kappa shape index (κ3) is 12.8. The van der Waals surface area contributed by atoms with Crippen molar-refractivity contribution >= 4 is 29.3 Å². The first-order valence-corrected chi connectivity index (χ1v) is 4.15. The molecule has 0 aromatic rings. The number of aliphatic carboxylic acids is 2. The Balaban J connectivity index is -0.0000000845. The Hall–Kier alpha value is 0.590. The van der Waals surface area contributed by atoms with E-state index in [1.807, 2.05) is 0 Å². The van der Waals surface area contributed by atoms with Crippen molar-refractivity contribution in [2.75, 3.05) is 27.2 Å². The average Bonchev–Trinajstić information content (AvgIpc) is 2.00. The van der Waals surface area contributed by atoms with Crippen molar-refractivity contribution in [2.45, 2.75) is 0 Å².